The standard InChI is InChI=1S/C21H13BrF6N4O3/c1-9-11(5-29)2-10(17(23)24)4-14(9)35-15-16(21(27,28)20(25)26)31-8-32(19(15)34)7-12-3-13(22)6-30-18(12)33/h2-4,6,8,17,20H,7H2,1H3,(H,30,33). The van der Waals surface area contributed by atoms with Crippen LogP contribution in [-0.2, 0) is 12.5 Å². The summed E-state index contributed by atoms with van der Waals surface area (Å²) < 4.78 is 87.6. The molecule has 7 nitrogen and oxygen atoms in total. The predicted molar refractivity (Wildman–Crippen MR) is 113 cm³/mol. The van der Waals surface area contributed by atoms with E-state index in [9.17, 15) is 41.2 Å². The van der Waals surface area contributed by atoms with Crippen LogP contribution in [0.3, 0.4) is 0 Å². The van der Waals surface area contributed by atoms with Gasteiger partial charge >= 0.3 is 12.3 Å². The van der Waals surface area contributed by atoms with Crippen molar-refractivity contribution in [2.24, 2.45) is 0 Å². The third-order valence-electron chi connectivity index (χ3n) is 4.84. The zero-order valence-electron chi connectivity index (χ0n) is 17.5. The van der Waals surface area contributed by atoms with E-state index >= 15 is 0 Å². The Kier molecular flexibility index (Phi) is 7.39. The second-order valence-electron chi connectivity index (χ2n) is 7.16. The fourth-order valence-corrected chi connectivity index (χ4v) is 3.38. The fraction of sp³-hybridized carbons (Fsp3) is 0.238. The van der Waals surface area contributed by atoms with E-state index in [1.807, 2.05) is 0 Å². The Hall–Kier alpha value is -3.60. The smallest absolute Gasteiger partial charge is 0.352 e. The molecule has 1 N–H and O–H groups in total. The van der Waals surface area contributed by atoms with Crippen LogP contribution >= 0.6 is 15.9 Å². The largest absolute Gasteiger partial charge is 0.449 e. The van der Waals surface area contributed by atoms with Crippen LogP contribution in [0.25, 0.3) is 0 Å². The van der Waals surface area contributed by atoms with Gasteiger partial charge in [0.2, 0.25) is 5.75 Å². The molecule has 0 spiro atoms. The minimum Gasteiger partial charge on any atom is -0.449 e. The number of nitrogens with one attached hydrogen (secondary N) is 1. The lowest BCUT2D eigenvalue weighted by Crippen LogP contribution is -2.32. The van der Waals surface area contributed by atoms with E-state index in [-0.39, 0.29) is 16.7 Å². The molecule has 0 atom stereocenters. The Bertz CT molecular complexity index is 1430. The molecule has 0 radical (unpaired) electrons. The van der Waals surface area contributed by atoms with Crippen molar-refractivity contribution in [3.63, 3.8) is 0 Å². The van der Waals surface area contributed by atoms with Gasteiger partial charge in [-0.1, -0.05) is 0 Å². The maximum absolute atomic E-state index is 14.3. The summed E-state index contributed by atoms with van der Waals surface area (Å²) in [6.07, 6.45) is -5.55. The molecule has 14 heteroatoms. The molecule has 0 amide bonds. The molecule has 0 unspecified atom stereocenters. The van der Waals surface area contributed by atoms with Crippen LogP contribution in [0, 0.1) is 18.3 Å². The van der Waals surface area contributed by atoms with Gasteiger partial charge in [-0.3, -0.25) is 14.2 Å². The highest BCUT2D eigenvalue weighted by molar-refractivity contribution is 9.10. The first-order valence-electron chi connectivity index (χ1n) is 9.50. The molecule has 1 aromatic carbocycles. The van der Waals surface area contributed by atoms with E-state index in [1.165, 1.54) is 19.2 Å². The second-order valence-corrected chi connectivity index (χ2v) is 8.07. The van der Waals surface area contributed by atoms with Crippen LogP contribution < -0.4 is 15.9 Å². The van der Waals surface area contributed by atoms with Crippen molar-refractivity contribution in [1.29, 1.82) is 5.26 Å². The van der Waals surface area contributed by atoms with Gasteiger partial charge in [0, 0.05) is 27.4 Å². The molecule has 0 bridgehead atoms. The fourth-order valence-electron chi connectivity index (χ4n) is 2.98. The Morgan fingerprint density at radius 1 is 1.23 bits per heavy atom. The highest BCUT2D eigenvalue weighted by Gasteiger charge is 2.48. The number of ether oxygens (including phenoxy) is 1. The zero-order chi connectivity index (χ0) is 26.1. The number of pyridine rings is 1. The molecule has 0 aliphatic rings. The Morgan fingerprint density at radius 2 is 1.91 bits per heavy atom. The summed E-state index contributed by atoms with van der Waals surface area (Å²) in [6, 6.07) is 4.48. The molecule has 0 aliphatic heterocycles. The SMILES string of the molecule is Cc1c(C#N)cc(C(F)F)cc1Oc1c(C(F)(F)C(F)F)ncn(Cc2cc(Br)c[nH]c2=O)c1=O. The molecule has 0 aliphatic carbocycles. The average Bonchev–Trinajstić information content (AvgIpc) is 2.79. The summed E-state index contributed by atoms with van der Waals surface area (Å²) in [5.41, 5.74) is -4.94. The molecule has 3 rings (SSSR count). The Morgan fingerprint density at radius 3 is 2.51 bits per heavy atom. The number of halogens is 7. The summed E-state index contributed by atoms with van der Waals surface area (Å²) in [5, 5.41) is 9.20. The summed E-state index contributed by atoms with van der Waals surface area (Å²) in [7, 11) is 0. The number of aromatic nitrogens is 3. The van der Waals surface area contributed by atoms with E-state index in [0.29, 0.717) is 21.4 Å². The summed E-state index contributed by atoms with van der Waals surface area (Å²) in [4.78, 5) is 30.7. The number of nitriles is 1. The molecule has 2 aromatic heterocycles. The predicted octanol–water partition coefficient (Wildman–Crippen LogP) is 5.01. The van der Waals surface area contributed by atoms with E-state index in [0.717, 1.165) is 6.07 Å². The van der Waals surface area contributed by atoms with Crippen LogP contribution in [-0.4, -0.2) is 21.0 Å². The van der Waals surface area contributed by atoms with Gasteiger partial charge < -0.3 is 9.72 Å². The monoisotopic (exact) mass is 562 g/mol. The summed E-state index contributed by atoms with van der Waals surface area (Å²) in [6.45, 7) is 0.709. The van der Waals surface area contributed by atoms with Gasteiger partial charge in [-0.15, -0.1) is 0 Å². The van der Waals surface area contributed by atoms with Gasteiger partial charge in [0.1, 0.15) is 5.75 Å². The third-order valence-corrected chi connectivity index (χ3v) is 5.30. The minimum absolute atomic E-state index is 0.0229. The maximum atomic E-state index is 14.3. The molecule has 2 heterocycles. The maximum Gasteiger partial charge on any atom is 0.352 e. The van der Waals surface area contributed by atoms with Gasteiger partial charge in [-0.05, 0) is 41.1 Å². The first-order chi connectivity index (χ1) is 16.4. The van der Waals surface area contributed by atoms with E-state index < -0.39 is 59.2 Å². The van der Waals surface area contributed by atoms with E-state index in [1.54, 1.807) is 6.07 Å². The molecule has 0 fully saturated rings. The average molecular weight is 563 g/mol. The summed E-state index contributed by atoms with van der Waals surface area (Å²) in [5.74, 6) is -6.93. The molecule has 184 valence electrons. The van der Waals surface area contributed by atoms with Gasteiger partial charge in [-0.25, -0.2) is 22.5 Å². The number of rotatable bonds is 7. The van der Waals surface area contributed by atoms with Crippen molar-refractivity contribution in [3.8, 4) is 17.6 Å². The minimum atomic E-state index is -4.95. The third kappa shape index (κ3) is 5.24. The van der Waals surface area contributed by atoms with Gasteiger partial charge in [0.25, 0.3) is 17.5 Å². The van der Waals surface area contributed by atoms with Crippen LogP contribution in [0.2, 0.25) is 0 Å². The second kappa shape index (κ2) is 9.95. The van der Waals surface area contributed by atoms with Crippen molar-refractivity contribution >= 4 is 15.9 Å². The quantitative estimate of drug-likeness (QED) is 0.408. The lowest BCUT2D eigenvalue weighted by molar-refractivity contribution is -0.139. The van der Waals surface area contributed by atoms with E-state index in [4.69, 9.17) is 4.74 Å². The lowest BCUT2D eigenvalue weighted by atomic mass is 10.0. The molecule has 35 heavy (non-hydrogen) atoms. The zero-order valence-corrected chi connectivity index (χ0v) is 19.0. The topological polar surface area (TPSA) is 101 Å². The molecule has 0 saturated heterocycles. The normalized spacial score (nSPS) is 11.7. The van der Waals surface area contributed by atoms with Crippen molar-refractivity contribution in [3.05, 3.63) is 83.9 Å². The van der Waals surface area contributed by atoms with Gasteiger partial charge in [-0.2, -0.15) is 14.0 Å². The molecule has 0 saturated carbocycles. The van der Waals surface area contributed by atoms with Gasteiger partial charge in [0.05, 0.1) is 24.5 Å². The Balaban J connectivity index is 2.24. The van der Waals surface area contributed by atoms with Crippen LogP contribution in [0.1, 0.15) is 34.4 Å². The molecule has 3 aromatic rings. The van der Waals surface area contributed by atoms with Crippen molar-refractivity contribution in [2.45, 2.75) is 32.2 Å². The number of nitrogens with zero attached hydrogens (tertiary/aromatic N) is 3. The van der Waals surface area contributed by atoms with Crippen LogP contribution in [0.15, 0.2) is 44.8 Å². The molecular formula is C21H13BrF6N4O3. The number of hydrogen-bond acceptors (Lipinski definition) is 5. The number of hydrogen-bond donors (Lipinski definition) is 1. The Labute approximate surface area is 200 Å². The summed E-state index contributed by atoms with van der Waals surface area (Å²) >= 11 is 3.11. The first kappa shape index (κ1) is 26.0. The van der Waals surface area contributed by atoms with Crippen molar-refractivity contribution < 1.29 is 31.1 Å². The van der Waals surface area contributed by atoms with E-state index in [2.05, 4.69) is 25.9 Å². The number of H-pyrrole nitrogens is 1. The molecular weight excluding hydrogens is 550 g/mol. The number of alkyl halides is 6. The first-order valence-corrected chi connectivity index (χ1v) is 10.3. The number of benzene rings is 1. The lowest BCUT2D eigenvalue weighted by Gasteiger charge is -2.20. The van der Waals surface area contributed by atoms with Crippen molar-refractivity contribution in [1.82, 2.24) is 14.5 Å². The van der Waals surface area contributed by atoms with Crippen molar-refractivity contribution in [2.75, 3.05) is 0 Å². The highest BCUT2D eigenvalue weighted by atomic mass is 79.9. The van der Waals surface area contributed by atoms with Crippen LogP contribution in [0.5, 0.6) is 11.5 Å². The number of aromatic amines is 1. The van der Waals surface area contributed by atoms with Crippen LogP contribution in [0.4, 0.5) is 26.3 Å². The van der Waals surface area contributed by atoms with Gasteiger partial charge in [0.15, 0.2) is 5.69 Å². The highest BCUT2D eigenvalue weighted by Crippen LogP contribution is 2.39.